The van der Waals surface area contributed by atoms with Crippen molar-refractivity contribution in [2.75, 3.05) is 0 Å². The van der Waals surface area contributed by atoms with Gasteiger partial charge in [0.1, 0.15) is 0 Å². The van der Waals surface area contributed by atoms with Crippen LogP contribution in [0.5, 0.6) is 0 Å². The van der Waals surface area contributed by atoms with Gasteiger partial charge in [0, 0.05) is 24.0 Å². The van der Waals surface area contributed by atoms with Gasteiger partial charge in [0.05, 0.1) is 0 Å². The van der Waals surface area contributed by atoms with Crippen molar-refractivity contribution in [1.29, 1.82) is 0 Å². The van der Waals surface area contributed by atoms with Gasteiger partial charge in [-0.05, 0) is 61.3 Å². The Balaban J connectivity index is 1.35. The molecule has 0 radical (unpaired) electrons. The van der Waals surface area contributed by atoms with Crippen molar-refractivity contribution in [3.05, 3.63) is 48.0 Å². The highest BCUT2D eigenvalue weighted by molar-refractivity contribution is 5.83. The van der Waals surface area contributed by atoms with E-state index < -0.39 is 0 Å². The Morgan fingerprint density at radius 1 is 1.00 bits per heavy atom. The van der Waals surface area contributed by atoms with E-state index in [1.807, 2.05) is 0 Å². The van der Waals surface area contributed by atoms with Crippen LogP contribution in [-0.4, -0.2) is 18.1 Å². The molecule has 0 saturated heterocycles. The molecule has 23 heavy (non-hydrogen) atoms. The zero-order valence-corrected chi connectivity index (χ0v) is 14.0. The summed E-state index contributed by atoms with van der Waals surface area (Å²) in [6.07, 6.45) is 6.48. The topological polar surface area (TPSA) is 38.0 Å². The van der Waals surface area contributed by atoms with Crippen molar-refractivity contribution in [3.8, 4) is 0 Å². The SMILES string of the molecule is CC(N)C1CCC(NC2CC2c2ccc3ccccc3c2)CC1. The number of hydrogen-bond acceptors (Lipinski definition) is 2. The summed E-state index contributed by atoms with van der Waals surface area (Å²) in [7, 11) is 0. The first kappa shape index (κ1) is 15.2. The quantitative estimate of drug-likeness (QED) is 0.888. The fourth-order valence-corrected chi connectivity index (χ4v) is 4.30. The second kappa shape index (κ2) is 6.26. The second-order valence-electron chi connectivity index (χ2n) is 7.69. The van der Waals surface area contributed by atoms with Crippen LogP contribution in [0, 0.1) is 5.92 Å². The molecule has 2 aromatic carbocycles. The van der Waals surface area contributed by atoms with Crippen LogP contribution in [0.3, 0.4) is 0 Å². The molecule has 0 spiro atoms. The minimum absolute atomic E-state index is 0.363. The highest BCUT2D eigenvalue weighted by Crippen LogP contribution is 2.42. The summed E-state index contributed by atoms with van der Waals surface area (Å²) in [5, 5.41) is 6.62. The summed E-state index contributed by atoms with van der Waals surface area (Å²) in [5.74, 6) is 1.45. The maximum atomic E-state index is 6.05. The highest BCUT2D eigenvalue weighted by atomic mass is 15.0. The largest absolute Gasteiger partial charge is 0.328 e. The zero-order chi connectivity index (χ0) is 15.8. The fourth-order valence-electron chi connectivity index (χ4n) is 4.30. The number of nitrogens with two attached hydrogens (primary N) is 1. The van der Waals surface area contributed by atoms with Crippen LogP contribution < -0.4 is 11.1 Å². The first-order valence-corrected chi connectivity index (χ1v) is 9.21. The van der Waals surface area contributed by atoms with Crippen molar-refractivity contribution < 1.29 is 0 Å². The molecule has 2 aliphatic rings. The standard InChI is InChI=1S/C21H28N2/c1-14(22)15-8-10-19(11-9-15)23-21-13-20(21)18-7-6-16-4-2-3-5-17(16)12-18/h2-7,12,14-15,19-21,23H,8-11,13,22H2,1H3. The minimum atomic E-state index is 0.363. The van der Waals surface area contributed by atoms with E-state index in [0.717, 1.165) is 5.92 Å². The third-order valence-electron chi connectivity index (χ3n) is 5.96. The van der Waals surface area contributed by atoms with Crippen LogP contribution in [0.4, 0.5) is 0 Å². The van der Waals surface area contributed by atoms with E-state index in [4.69, 9.17) is 5.73 Å². The summed E-state index contributed by atoms with van der Waals surface area (Å²) < 4.78 is 0. The van der Waals surface area contributed by atoms with Crippen molar-refractivity contribution in [2.45, 2.75) is 63.1 Å². The summed E-state index contributed by atoms with van der Waals surface area (Å²) >= 11 is 0. The Labute approximate surface area is 139 Å². The zero-order valence-electron chi connectivity index (χ0n) is 14.0. The van der Waals surface area contributed by atoms with E-state index in [-0.39, 0.29) is 0 Å². The van der Waals surface area contributed by atoms with Crippen molar-refractivity contribution >= 4 is 10.8 Å². The summed E-state index contributed by atoms with van der Waals surface area (Å²) in [6, 6.07) is 17.4. The Bertz CT molecular complexity index is 670. The molecule has 2 heteroatoms. The molecule has 0 amide bonds. The normalized spacial score (nSPS) is 31.9. The monoisotopic (exact) mass is 308 g/mol. The maximum absolute atomic E-state index is 6.05. The van der Waals surface area contributed by atoms with Crippen LogP contribution in [0.2, 0.25) is 0 Å². The van der Waals surface area contributed by atoms with Crippen LogP contribution in [-0.2, 0) is 0 Å². The molecule has 3 N–H and O–H groups in total. The van der Waals surface area contributed by atoms with Gasteiger partial charge in [-0.3, -0.25) is 0 Å². The van der Waals surface area contributed by atoms with Crippen molar-refractivity contribution in [1.82, 2.24) is 5.32 Å². The Hall–Kier alpha value is -1.38. The van der Waals surface area contributed by atoms with Crippen LogP contribution in [0.25, 0.3) is 10.8 Å². The third-order valence-corrected chi connectivity index (χ3v) is 5.96. The molecule has 3 atom stereocenters. The van der Waals surface area contributed by atoms with E-state index in [1.54, 1.807) is 0 Å². The molecular formula is C21H28N2. The lowest BCUT2D eigenvalue weighted by molar-refractivity contribution is 0.264. The molecule has 122 valence electrons. The number of fused-ring (bicyclic) bond motifs is 1. The number of nitrogens with one attached hydrogen (secondary N) is 1. The molecule has 2 aromatic rings. The second-order valence-corrected chi connectivity index (χ2v) is 7.69. The van der Waals surface area contributed by atoms with E-state index in [0.29, 0.717) is 24.0 Å². The van der Waals surface area contributed by atoms with Gasteiger partial charge in [0.25, 0.3) is 0 Å². The predicted molar refractivity (Wildman–Crippen MR) is 97.6 cm³/mol. The number of benzene rings is 2. The molecule has 0 heterocycles. The Kier molecular flexibility index (Phi) is 4.13. The van der Waals surface area contributed by atoms with Crippen LogP contribution >= 0.6 is 0 Å². The molecular weight excluding hydrogens is 280 g/mol. The maximum Gasteiger partial charge on any atom is 0.0145 e. The van der Waals surface area contributed by atoms with Crippen molar-refractivity contribution in [2.24, 2.45) is 11.7 Å². The average molecular weight is 308 g/mol. The van der Waals surface area contributed by atoms with Gasteiger partial charge in [-0.15, -0.1) is 0 Å². The molecule has 2 aliphatic carbocycles. The number of hydrogen-bond donors (Lipinski definition) is 2. The van der Waals surface area contributed by atoms with Gasteiger partial charge in [-0.2, -0.15) is 0 Å². The lowest BCUT2D eigenvalue weighted by atomic mass is 9.82. The molecule has 2 nitrogen and oxygen atoms in total. The van der Waals surface area contributed by atoms with Crippen LogP contribution in [0.15, 0.2) is 42.5 Å². The summed E-state index contributed by atoms with van der Waals surface area (Å²) in [4.78, 5) is 0. The van der Waals surface area contributed by atoms with Gasteiger partial charge < -0.3 is 11.1 Å². The fraction of sp³-hybridized carbons (Fsp3) is 0.524. The first-order valence-electron chi connectivity index (χ1n) is 9.21. The summed E-state index contributed by atoms with van der Waals surface area (Å²) in [5.41, 5.74) is 7.55. The van der Waals surface area contributed by atoms with Crippen LogP contribution in [0.1, 0.15) is 50.5 Å². The van der Waals surface area contributed by atoms with E-state index in [2.05, 4.69) is 54.7 Å². The predicted octanol–water partition coefficient (Wildman–Crippen LogP) is 4.19. The molecule has 2 saturated carbocycles. The first-order chi connectivity index (χ1) is 11.2. The number of rotatable bonds is 4. The summed E-state index contributed by atoms with van der Waals surface area (Å²) in [6.45, 7) is 2.16. The van der Waals surface area contributed by atoms with Gasteiger partial charge in [0.2, 0.25) is 0 Å². The molecule has 2 fully saturated rings. The Morgan fingerprint density at radius 3 is 2.48 bits per heavy atom. The minimum Gasteiger partial charge on any atom is -0.328 e. The Morgan fingerprint density at radius 2 is 1.74 bits per heavy atom. The lowest BCUT2D eigenvalue weighted by Gasteiger charge is -2.31. The van der Waals surface area contributed by atoms with Gasteiger partial charge >= 0.3 is 0 Å². The average Bonchev–Trinajstić information content (AvgIpc) is 3.34. The lowest BCUT2D eigenvalue weighted by Crippen LogP contribution is -2.38. The molecule has 3 unspecified atom stereocenters. The smallest absolute Gasteiger partial charge is 0.0145 e. The van der Waals surface area contributed by atoms with Gasteiger partial charge in [-0.25, -0.2) is 0 Å². The van der Waals surface area contributed by atoms with Gasteiger partial charge in [0.15, 0.2) is 0 Å². The van der Waals surface area contributed by atoms with E-state index >= 15 is 0 Å². The van der Waals surface area contributed by atoms with E-state index in [1.165, 1.54) is 48.4 Å². The molecule has 0 bridgehead atoms. The molecule has 0 aromatic heterocycles. The van der Waals surface area contributed by atoms with E-state index in [9.17, 15) is 0 Å². The third kappa shape index (κ3) is 3.29. The molecule has 0 aliphatic heterocycles. The van der Waals surface area contributed by atoms with Gasteiger partial charge in [-0.1, -0.05) is 42.5 Å². The highest BCUT2D eigenvalue weighted by Gasteiger charge is 2.40. The molecule has 4 rings (SSSR count). The van der Waals surface area contributed by atoms with Crippen molar-refractivity contribution in [3.63, 3.8) is 0 Å².